The number of fused-ring (bicyclic) bond motifs is 1. The molecule has 0 saturated carbocycles. The fourth-order valence-electron chi connectivity index (χ4n) is 2.44. The maximum Gasteiger partial charge on any atom is 0.337 e. The Balaban J connectivity index is 2.41. The summed E-state index contributed by atoms with van der Waals surface area (Å²) in [5.41, 5.74) is 3.47. The summed E-state index contributed by atoms with van der Waals surface area (Å²) in [6, 6.07) is 10.4. The van der Waals surface area contributed by atoms with E-state index < -0.39 is 5.97 Å². The first kappa shape index (κ1) is 13.2. The van der Waals surface area contributed by atoms with Crippen LogP contribution in [0.4, 0.5) is 0 Å². The zero-order valence-electron chi connectivity index (χ0n) is 11.7. The Hall–Kier alpha value is -2.82. The van der Waals surface area contributed by atoms with Crippen LogP contribution in [0, 0.1) is 13.8 Å². The molecular formula is C16H14N2O3. The summed E-state index contributed by atoms with van der Waals surface area (Å²) in [6.07, 6.45) is 0. The molecule has 0 aliphatic heterocycles. The van der Waals surface area contributed by atoms with Gasteiger partial charge in [-0.2, -0.15) is 0 Å². The molecule has 0 aliphatic rings. The first-order valence-electron chi connectivity index (χ1n) is 6.53. The van der Waals surface area contributed by atoms with Crippen molar-refractivity contribution >= 4 is 17.0 Å². The number of hydrogen-bond acceptors (Lipinski definition) is 2. The van der Waals surface area contributed by atoms with E-state index in [-0.39, 0.29) is 11.3 Å². The van der Waals surface area contributed by atoms with Crippen molar-refractivity contribution in [2.75, 3.05) is 0 Å². The van der Waals surface area contributed by atoms with Crippen molar-refractivity contribution in [2.24, 2.45) is 0 Å². The van der Waals surface area contributed by atoms with Crippen molar-refractivity contribution in [1.29, 1.82) is 0 Å². The lowest BCUT2D eigenvalue weighted by molar-refractivity contribution is 0.0698. The predicted octanol–water partition coefficient (Wildman–Crippen LogP) is 2.63. The summed E-state index contributed by atoms with van der Waals surface area (Å²) in [6.45, 7) is 3.94. The van der Waals surface area contributed by atoms with Gasteiger partial charge in [0.1, 0.15) is 0 Å². The van der Waals surface area contributed by atoms with Crippen LogP contribution in [0.2, 0.25) is 0 Å². The minimum absolute atomic E-state index is 0.101. The van der Waals surface area contributed by atoms with Gasteiger partial charge in [0.15, 0.2) is 0 Å². The van der Waals surface area contributed by atoms with Gasteiger partial charge in [0.2, 0.25) is 0 Å². The minimum Gasteiger partial charge on any atom is -0.478 e. The third-order valence-corrected chi connectivity index (χ3v) is 3.68. The second kappa shape index (κ2) is 4.63. The minimum atomic E-state index is -1.06. The summed E-state index contributed by atoms with van der Waals surface area (Å²) >= 11 is 0. The largest absolute Gasteiger partial charge is 0.478 e. The zero-order chi connectivity index (χ0) is 15.1. The highest BCUT2D eigenvalue weighted by Gasteiger charge is 2.16. The first-order chi connectivity index (χ1) is 9.99. The van der Waals surface area contributed by atoms with Crippen LogP contribution in [0.15, 0.2) is 41.2 Å². The highest BCUT2D eigenvalue weighted by atomic mass is 16.4. The number of rotatable bonds is 2. The number of hydrogen-bond donors (Lipinski definition) is 2. The van der Waals surface area contributed by atoms with Gasteiger partial charge in [-0.15, -0.1) is 0 Å². The van der Waals surface area contributed by atoms with Crippen LogP contribution in [-0.4, -0.2) is 20.6 Å². The smallest absolute Gasteiger partial charge is 0.337 e. The molecular weight excluding hydrogens is 268 g/mol. The Morgan fingerprint density at radius 1 is 1.14 bits per heavy atom. The molecule has 21 heavy (non-hydrogen) atoms. The van der Waals surface area contributed by atoms with Crippen LogP contribution in [0.3, 0.4) is 0 Å². The van der Waals surface area contributed by atoms with Gasteiger partial charge in [0.25, 0.3) is 0 Å². The van der Waals surface area contributed by atoms with Gasteiger partial charge in [-0.1, -0.05) is 12.1 Å². The summed E-state index contributed by atoms with van der Waals surface area (Å²) in [5.74, 6) is -1.06. The molecule has 5 nitrogen and oxygen atoms in total. The predicted molar refractivity (Wildman–Crippen MR) is 80.3 cm³/mol. The van der Waals surface area contributed by atoms with Crippen molar-refractivity contribution in [2.45, 2.75) is 13.8 Å². The van der Waals surface area contributed by atoms with Crippen LogP contribution >= 0.6 is 0 Å². The molecule has 0 spiro atoms. The second-order valence-corrected chi connectivity index (χ2v) is 5.04. The Labute approximate surface area is 120 Å². The monoisotopic (exact) mass is 282 g/mol. The average Bonchev–Trinajstić information content (AvgIpc) is 2.77. The molecule has 106 valence electrons. The number of aryl methyl sites for hydroxylation is 2. The third-order valence-electron chi connectivity index (χ3n) is 3.68. The van der Waals surface area contributed by atoms with E-state index in [0.29, 0.717) is 16.7 Å². The zero-order valence-corrected chi connectivity index (χ0v) is 11.7. The molecule has 1 heterocycles. The lowest BCUT2D eigenvalue weighted by atomic mass is 10.1. The fraction of sp³-hybridized carbons (Fsp3) is 0.125. The Kier molecular flexibility index (Phi) is 2.90. The van der Waals surface area contributed by atoms with Gasteiger partial charge in [-0.05, 0) is 49.2 Å². The fourth-order valence-corrected chi connectivity index (χ4v) is 2.44. The van der Waals surface area contributed by atoms with Crippen molar-refractivity contribution in [3.63, 3.8) is 0 Å². The molecule has 1 aromatic heterocycles. The molecule has 0 saturated heterocycles. The molecule has 0 fully saturated rings. The number of carbonyl (C=O) groups is 1. The molecule has 0 amide bonds. The number of nitrogens with zero attached hydrogens (tertiary/aromatic N) is 1. The molecule has 3 aromatic rings. The number of benzene rings is 2. The van der Waals surface area contributed by atoms with Crippen molar-refractivity contribution in [3.8, 4) is 5.69 Å². The van der Waals surface area contributed by atoms with Gasteiger partial charge in [-0.25, -0.2) is 9.59 Å². The van der Waals surface area contributed by atoms with Crippen LogP contribution in [0.25, 0.3) is 16.7 Å². The van der Waals surface area contributed by atoms with Gasteiger partial charge < -0.3 is 10.1 Å². The van der Waals surface area contributed by atoms with Gasteiger partial charge in [0, 0.05) is 0 Å². The summed E-state index contributed by atoms with van der Waals surface area (Å²) < 4.78 is 1.41. The maximum atomic E-state index is 12.2. The lowest BCUT2D eigenvalue weighted by Gasteiger charge is -2.08. The number of carboxylic acid groups (broad SMARTS) is 1. The Morgan fingerprint density at radius 3 is 2.57 bits per heavy atom. The molecule has 0 atom stereocenters. The number of nitrogens with one attached hydrogen (secondary N) is 1. The van der Waals surface area contributed by atoms with E-state index in [1.54, 1.807) is 12.1 Å². The van der Waals surface area contributed by atoms with E-state index in [0.717, 1.165) is 11.1 Å². The van der Waals surface area contributed by atoms with E-state index in [9.17, 15) is 14.7 Å². The molecule has 2 aromatic carbocycles. The molecule has 2 N–H and O–H groups in total. The summed E-state index contributed by atoms with van der Waals surface area (Å²) in [4.78, 5) is 26.3. The van der Waals surface area contributed by atoms with E-state index in [2.05, 4.69) is 4.98 Å². The van der Waals surface area contributed by atoms with Crippen LogP contribution in [0.1, 0.15) is 21.5 Å². The van der Waals surface area contributed by atoms with Gasteiger partial charge in [0.05, 0.1) is 22.3 Å². The van der Waals surface area contributed by atoms with E-state index in [1.807, 2.05) is 32.0 Å². The Morgan fingerprint density at radius 2 is 1.90 bits per heavy atom. The second-order valence-electron chi connectivity index (χ2n) is 5.04. The average molecular weight is 282 g/mol. The number of H-pyrrole nitrogens is 1. The van der Waals surface area contributed by atoms with Crippen molar-refractivity contribution in [3.05, 3.63) is 63.6 Å². The molecule has 0 bridgehead atoms. The SMILES string of the molecule is Cc1ccc(-n2c(=O)[nH]c3cccc(C(=O)O)c32)cc1C. The van der Waals surface area contributed by atoms with Crippen LogP contribution in [0.5, 0.6) is 0 Å². The number of aromatic nitrogens is 2. The summed E-state index contributed by atoms with van der Waals surface area (Å²) in [7, 11) is 0. The Bertz CT molecular complexity index is 919. The quantitative estimate of drug-likeness (QED) is 0.758. The normalized spacial score (nSPS) is 11.0. The third kappa shape index (κ3) is 2.03. The highest BCUT2D eigenvalue weighted by Crippen LogP contribution is 2.21. The number of para-hydroxylation sites is 1. The number of carboxylic acids is 1. The van der Waals surface area contributed by atoms with Crippen LogP contribution < -0.4 is 5.69 Å². The molecule has 0 aliphatic carbocycles. The van der Waals surface area contributed by atoms with Crippen molar-refractivity contribution < 1.29 is 9.90 Å². The number of aromatic carboxylic acids is 1. The van der Waals surface area contributed by atoms with Crippen molar-refractivity contribution in [1.82, 2.24) is 9.55 Å². The van der Waals surface area contributed by atoms with E-state index in [4.69, 9.17) is 0 Å². The van der Waals surface area contributed by atoms with Crippen LogP contribution in [-0.2, 0) is 0 Å². The lowest BCUT2D eigenvalue weighted by Crippen LogP contribution is -2.16. The highest BCUT2D eigenvalue weighted by molar-refractivity contribution is 6.01. The molecule has 3 rings (SSSR count). The molecule has 0 radical (unpaired) electrons. The first-order valence-corrected chi connectivity index (χ1v) is 6.53. The van der Waals surface area contributed by atoms with E-state index >= 15 is 0 Å². The maximum absolute atomic E-state index is 12.2. The summed E-state index contributed by atoms with van der Waals surface area (Å²) in [5, 5.41) is 9.33. The molecule has 0 unspecified atom stereocenters. The van der Waals surface area contributed by atoms with Gasteiger partial charge in [-0.3, -0.25) is 4.57 Å². The topological polar surface area (TPSA) is 75.1 Å². The number of aromatic amines is 1. The van der Waals surface area contributed by atoms with E-state index in [1.165, 1.54) is 10.6 Å². The van der Waals surface area contributed by atoms with Gasteiger partial charge >= 0.3 is 11.7 Å². The number of imidazole rings is 1. The standard InChI is InChI=1S/C16H14N2O3/c1-9-6-7-11(8-10(9)2)18-14-12(15(19)20)4-3-5-13(14)17-16(18)21/h3-8H,1-2H3,(H,17,21)(H,19,20). The molecule has 5 heteroatoms.